The van der Waals surface area contributed by atoms with Gasteiger partial charge in [-0.25, -0.2) is 13.8 Å². The van der Waals surface area contributed by atoms with Crippen LogP contribution in [0.4, 0.5) is 8.78 Å². The molecule has 2 heterocycles. The van der Waals surface area contributed by atoms with Crippen LogP contribution in [0.25, 0.3) is 0 Å². The third-order valence-electron chi connectivity index (χ3n) is 2.08. The lowest BCUT2D eigenvalue weighted by Crippen LogP contribution is -2.19. The summed E-state index contributed by atoms with van der Waals surface area (Å²) in [6.45, 7) is -0.258. The molecule has 0 spiro atoms. The molecule has 0 saturated carbocycles. The summed E-state index contributed by atoms with van der Waals surface area (Å²) in [5.74, 6) is -2.00. The van der Waals surface area contributed by atoms with Gasteiger partial charge in [-0.15, -0.1) is 0 Å². The van der Waals surface area contributed by atoms with Crippen molar-refractivity contribution in [1.29, 1.82) is 0 Å². The van der Waals surface area contributed by atoms with Crippen molar-refractivity contribution in [2.45, 2.75) is 18.4 Å². The summed E-state index contributed by atoms with van der Waals surface area (Å²) in [6.07, 6.45) is -0.174. The second-order valence-electron chi connectivity index (χ2n) is 3.22. The van der Waals surface area contributed by atoms with Gasteiger partial charge in [0.05, 0.1) is 12.6 Å². The van der Waals surface area contributed by atoms with Crippen molar-refractivity contribution in [1.82, 2.24) is 15.3 Å². The van der Waals surface area contributed by atoms with Crippen LogP contribution in [0.1, 0.15) is 18.3 Å². The standard InChI is InChI=1S/C7H7F2I2N3/c8-7(9)1-3(12-2-7)6-13-4(10)5(11)14-6/h3,12H,1-2H2,(H,13,14). The van der Waals surface area contributed by atoms with Crippen LogP contribution in [0.3, 0.4) is 0 Å². The van der Waals surface area contributed by atoms with Gasteiger partial charge >= 0.3 is 0 Å². The Morgan fingerprint density at radius 3 is 2.57 bits per heavy atom. The number of H-pyrrole nitrogens is 1. The monoisotopic (exact) mass is 425 g/mol. The van der Waals surface area contributed by atoms with E-state index in [-0.39, 0.29) is 19.0 Å². The molecule has 1 aromatic rings. The molecule has 7 heteroatoms. The van der Waals surface area contributed by atoms with Gasteiger partial charge in [0, 0.05) is 6.42 Å². The topological polar surface area (TPSA) is 40.7 Å². The summed E-state index contributed by atoms with van der Waals surface area (Å²) in [5.41, 5.74) is 0. The van der Waals surface area contributed by atoms with Gasteiger partial charge in [-0.1, -0.05) is 0 Å². The summed E-state index contributed by atoms with van der Waals surface area (Å²) in [4.78, 5) is 7.18. The van der Waals surface area contributed by atoms with Gasteiger partial charge < -0.3 is 10.3 Å². The first-order valence-corrected chi connectivity index (χ1v) is 6.16. The highest BCUT2D eigenvalue weighted by Gasteiger charge is 2.41. The molecule has 0 bridgehead atoms. The van der Waals surface area contributed by atoms with Crippen molar-refractivity contribution in [2.75, 3.05) is 6.54 Å². The Bertz CT molecular complexity index is 333. The van der Waals surface area contributed by atoms with Crippen LogP contribution in [0.2, 0.25) is 0 Å². The minimum atomic E-state index is -2.60. The molecule has 0 amide bonds. The highest BCUT2D eigenvalue weighted by Crippen LogP contribution is 2.33. The molecule has 1 aliphatic heterocycles. The minimum Gasteiger partial charge on any atom is -0.335 e. The largest absolute Gasteiger partial charge is 0.335 e. The van der Waals surface area contributed by atoms with Gasteiger partial charge in [-0.3, -0.25) is 0 Å². The van der Waals surface area contributed by atoms with Crippen molar-refractivity contribution in [2.24, 2.45) is 0 Å². The molecule has 14 heavy (non-hydrogen) atoms. The Morgan fingerprint density at radius 1 is 1.43 bits per heavy atom. The van der Waals surface area contributed by atoms with E-state index in [1.54, 1.807) is 0 Å². The van der Waals surface area contributed by atoms with Crippen LogP contribution in [0, 0.1) is 7.40 Å². The third-order valence-corrected chi connectivity index (χ3v) is 4.67. The van der Waals surface area contributed by atoms with Gasteiger partial charge in [-0.2, -0.15) is 0 Å². The SMILES string of the molecule is FC1(F)CNC(c2nc(I)c(I)[nH]2)C1. The zero-order chi connectivity index (χ0) is 10.3. The lowest BCUT2D eigenvalue weighted by atomic mass is 10.2. The molecule has 2 rings (SSSR count). The number of rotatable bonds is 1. The molecule has 1 aromatic heterocycles. The van der Waals surface area contributed by atoms with E-state index in [2.05, 4.69) is 60.5 Å². The van der Waals surface area contributed by atoms with E-state index in [1.807, 2.05) is 0 Å². The van der Waals surface area contributed by atoms with Crippen molar-refractivity contribution in [3.05, 3.63) is 13.2 Å². The first-order chi connectivity index (χ1) is 6.48. The van der Waals surface area contributed by atoms with Crippen LogP contribution in [0.15, 0.2) is 0 Å². The summed E-state index contributed by atoms with van der Waals surface area (Å²) in [7, 11) is 0. The number of aromatic amines is 1. The maximum absolute atomic E-state index is 12.9. The molecule has 0 aliphatic carbocycles. The van der Waals surface area contributed by atoms with Crippen molar-refractivity contribution < 1.29 is 8.78 Å². The zero-order valence-electron chi connectivity index (χ0n) is 6.95. The van der Waals surface area contributed by atoms with E-state index < -0.39 is 5.92 Å². The Labute approximate surface area is 107 Å². The number of hydrogen-bond acceptors (Lipinski definition) is 2. The fourth-order valence-electron chi connectivity index (χ4n) is 1.42. The summed E-state index contributed by atoms with van der Waals surface area (Å²) in [5, 5.41) is 2.75. The first-order valence-electron chi connectivity index (χ1n) is 4.00. The highest BCUT2D eigenvalue weighted by atomic mass is 127. The zero-order valence-corrected chi connectivity index (χ0v) is 11.3. The molecule has 3 nitrogen and oxygen atoms in total. The normalized spacial score (nSPS) is 25.6. The number of halogens is 4. The van der Waals surface area contributed by atoms with E-state index in [0.717, 1.165) is 7.40 Å². The second-order valence-corrected chi connectivity index (χ2v) is 5.32. The number of alkyl halides is 2. The lowest BCUT2D eigenvalue weighted by molar-refractivity contribution is 0.0208. The molecular formula is C7H7F2I2N3. The average molecular weight is 425 g/mol. The molecule has 0 radical (unpaired) electrons. The molecule has 78 valence electrons. The van der Waals surface area contributed by atoms with E-state index in [1.165, 1.54) is 0 Å². The average Bonchev–Trinajstić information content (AvgIpc) is 2.57. The van der Waals surface area contributed by atoms with Crippen LogP contribution in [-0.2, 0) is 0 Å². The second kappa shape index (κ2) is 3.81. The lowest BCUT2D eigenvalue weighted by Gasteiger charge is -2.06. The summed E-state index contributed by atoms with van der Waals surface area (Å²) >= 11 is 4.17. The smallest absolute Gasteiger partial charge is 0.262 e. The maximum Gasteiger partial charge on any atom is 0.262 e. The Hall–Kier alpha value is 0.490. The molecule has 1 unspecified atom stereocenters. The minimum absolute atomic E-state index is 0.174. The fourth-order valence-corrected chi connectivity index (χ4v) is 2.21. The summed E-state index contributed by atoms with van der Waals surface area (Å²) in [6, 6.07) is -0.345. The van der Waals surface area contributed by atoms with E-state index in [9.17, 15) is 8.78 Å². The predicted molar refractivity (Wildman–Crippen MR) is 64.3 cm³/mol. The number of imidazole rings is 1. The quantitative estimate of drug-likeness (QED) is 0.679. The number of nitrogens with one attached hydrogen (secondary N) is 2. The van der Waals surface area contributed by atoms with Gasteiger partial charge in [0.15, 0.2) is 0 Å². The Kier molecular flexibility index (Phi) is 2.99. The van der Waals surface area contributed by atoms with Gasteiger partial charge in [0.25, 0.3) is 5.92 Å². The number of nitrogens with zero attached hydrogens (tertiary/aromatic N) is 1. The number of aromatic nitrogens is 2. The van der Waals surface area contributed by atoms with Crippen LogP contribution >= 0.6 is 45.2 Å². The maximum atomic E-state index is 12.9. The Morgan fingerprint density at radius 2 is 2.14 bits per heavy atom. The molecule has 1 aliphatic rings. The molecular weight excluding hydrogens is 418 g/mol. The van der Waals surface area contributed by atoms with Crippen LogP contribution in [-0.4, -0.2) is 22.4 Å². The summed E-state index contributed by atoms with van der Waals surface area (Å²) < 4.78 is 27.5. The van der Waals surface area contributed by atoms with E-state index in [4.69, 9.17) is 0 Å². The first kappa shape index (κ1) is 11.0. The molecule has 1 saturated heterocycles. The molecule has 1 atom stereocenters. The van der Waals surface area contributed by atoms with Crippen molar-refractivity contribution in [3.63, 3.8) is 0 Å². The van der Waals surface area contributed by atoms with Crippen molar-refractivity contribution in [3.8, 4) is 0 Å². The van der Waals surface area contributed by atoms with E-state index >= 15 is 0 Å². The molecule has 2 N–H and O–H groups in total. The Balaban J connectivity index is 2.17. The third kappa shape index (κ3) is 2.18. The van der Waals surface area contributed by atoms with Crippen molar-refractivity contribution >= 4 is 45.2 Å². The van der Waals surface area contributed by atoms with E-state index in [0.29, 0.717) is 5.82 Å². The predicted octanol–water partition coefficient (Wildman–Crippen LogP) is 2.29. The highest BCUT2D eigenvalue weighted by molar-refractivity contribution is 14.1. The van der Waals surface area contributed by atoms with Crippen LogP contribution in [0.5, 0.6) is 0 Å². The number of hydrogen-bond donors (Lipinski definition) is 2. The van der Waals surface area contributed by atoms with Crippen LogP contribution < -0.4 is 5.32 Å². The molecule has 1 fully saturated rings. The van der Waals surface area contributed by atoms with Gasteiger partial charge in [0.2, 0.25) is 0 Å². The fraction of sp³-hybridized carbons (Fsp3) is 0.571. The molecule has 0 aromatic carbocycles. The van der Waals surface area contributed by atoms with Gasteiger partial charge in [0.1, 0.15) is 13.2 Å². The van der Waals surface area contributed by atoms with Gasteiger partial charge in [-0.05, 0) is 45.2 Å².